The number of rotatable bonds is 6. The second kappa shape index (κ2) is 15.5. The molecule has 14 rings (SSSR count). The Labute approximate surface area is 410 Å². The number of hydrogen-bond donors (Lipinski definition) is 0. The van der Waals surface area contributed by atoms with E-state index in [4.69, 9.17) is 0 Å². The van der Waals surface area contributed by atoms with E-state index in [2.05, 4.69) is 255 Å². The number of anilines is 3. The van der Waals surface area contributed by atoms with E-state index < -0.39 is 8.07 Å². The van der Waals surface area contributed by atoms with Gasteiger partial charge < -0.3 is 9.47 Å². The zero-order chi connectivity index (χ0) is 46.0. The molecule has 0 N–H and O–H groups in total. The molecule has 0 spiro atoms. The molecule has 0 fully saturated rings. The number of benzene rings is 10. The highest BCUT2D eigenvalue weighted by Crippen LogP contribution is 2.42. The minimum atomic E-state index is -3.09. The van der Waals surface area contributed by atoms with Gasteiger partial charge in [0.15, 0.2) is 8.07 Å². The summed E-state index contributed by atoms with van der Waals surface area (Å²) in [5.74, 6) is 0. The fraction of sp³-hybridized carbons (Fsp3) is 0.0476. The maximum atomic E-state index is 2.69. The summed E-state index contributed by atoms with van der Waals surface area (Å²) in [6, 6.07) is 85.9. The minimum absolute atomic E-state index is 0.0456. The van der Waals surface area contributed by atoms with E-state index >= 15 is 0 Å². The number of aryl methyl sites for hydroxylation is 3. The quantitative estimate of drug-likeness (QED) is 0.122. The average molecular weight is 913 g/mol. The van der Waals surface area contributed by atoms with Gasteiger partial charge in [-0.25, -0.2) is 0 Å². The van der Waals surface area contributed by atoms with Gasteiger partial charge in [-0.05, 0) is 112 Å². The fourth-order valence-electron chi connectivity index (χ4n) is 12.9. The molecule has 6 heteroatoms. The van der Waals surface area contributed by atoms with Gasteiger partial charge in [0, 0.05) is 43.3 Å². The number of nitrogens with zero attached hydrogens (tertiary/aromatic N) is 2. The highest BCUT2D eigenvalue weighted by molar-refractivity contribution is 8.00. The molecule has 3 aliphatic heterocycles. The fourth-order valence-corrected chi connectivity index (χ4v) is 18.9. The summed E-state index contributed by atoms with van der Waals surface area (Å²) < 4.78 is 2.44. The normalized spacial score (nSPS) is 13.3. The molecule has 0 unspecified atom stereocenters. The predicted octanol–water partition coefficient (Wildman–Crippen LogP) is 8.68. The van der Waals surface area contributed by atoms with Crippen LogP contribution >= 0.6 is 11.8 Å². The standard InChI is InChI=1S/C63H46B2N2SSi/c1-41-37-42(2)61(43(3)38-41)65-52-33-31-48(40-58(52)67-57-29-17-14-26-51(57)64-53-27-15-18-30-59(53)68-60-36-34-54(65)63(67)62(60)64)69(45-21-9-5-10-22-45,46-23-11-6-12-24-46)47-32-35-56-50(39-47)49-25-13-16-28-55(49)66(56)44-19-7-4-8-20-44/h4-40H,1-3H3. The Morgan fingerprint density at radius 3 is 1.71 bits per heavy atom. The van der Waals surface area contributed by atoms with E-state index in [1.165, 1.54) is 125 Å². The van der Waals surface area contributed by atoms with Crippen LogP contribution in [0.25, 0.3) is 27.5 Å². The summed E-state index contributed by atoms with van der Waals surface area (Å²) in [5, 5.41) is 8.00. The second-order valence-corrected chi connectivity index (χ2v) is 24.2. The van der Waals surface area contributed by atoms with Gasteiger partial charge in [-0.15, -0.1) is 0 Å². The highest BCUT2D eigenvalue weighted by Gasteiger charge is 2.49. The smallest absolute Gasteiger partial charge is 0.249 e. The molecule has 0 bridgehead atoms. The van der Waals surface area contributed by atoms with E-state index in [1.807, 2.05) is 11.8 Å². The van der Waals surface area contributed by atoms with Crippen LogP contribution in [0.3, 0.4) is 0 Å². The molecule has 0 aliphatic carbocycles. The van der Waals surface area contributed by atoms with Gasteiger partial charge in [0.05, 0.1) is 11.0 Å². The predicted molar refractivity (Wildman–Crippen MR) is 300 cm³/mol. The first-order chi connectivity index (χ1) is 34.0. The molecule has 0 radical (unpaired) electrons. The molecular weight excluding hydrogens is 866 g/mol. The van der Waals surface area contributed by atoms with Crippen LogP contribution in [0.15, 0.2) is 234 Å². The molecule has 324 valence electrons. The Bertz CT molecular complexity index is 3820. The van der Waals surface area contributed by atoms with Gasteiger partial charge in [0.25, 0.3) is 0 Å². The first-order valence-electron chi connectivity index (χ1n) is 24.2. The zero-order valence-electron chi connectivity index (χ0n) is 38.8. The molecule has 2 nitrogen and oxygen atoms in total. The Hall–Kier alpha value is -7.50. The molecule has 11 aromatic rings. The Morgan fingerprint density at radius 2 is 0.957 bits per heavy atom. The van der Waals surface area contributed by atoms with Crippen LogP contribution in [0.5, 0.6) is 0 Å². The number of para-hydroxylation sites is 3. The van der Waals surface area contributed by atoms with Crippen molar-refractivity contribution >= 4 is 126 Å². The topological polar surface area (TPSA) is 8.17 Å². The lowest BCUT2D eigenvalue weighted by molar-refractivity contribution is 1.18. The number of aromatic nitrogens is 1. The van der Waals surface area contributed by atoms with Crippen LogP contribution < -0.4 is 58.4 Å². The van der Waals surface area contributed by atoms with Crippen molar-refractivity contribution in [2.75, 3.05) is 4.90 Å². The summed E-state index contributed by atoms with van der Waals surface area (Å²) in [6.45, 7) is 7.08. The van der Waals surface area contributed by atoms with Crippen molar-refractivity contribution in [1.29, 1.82) is 0 Å². The SMILES string of the molecule is Cc1cc(C)c(B2c3ccc([Si](c4ccccc4)(c4ccccc4)c4ccc5c(c4)c4ccccc4n5-c4ccccc4)cc3N3c4ccccc4B4c5ccccc5Sc5ccc2c3c54)c(C)c1. The highest BCUT2D eigenvalue weighted by atomic mass is 32.2. The average Bonchev–Trinajstić information content (AvgIpc) is 3.72. The molecule has 69 heavy (non-hydrogen) atoms. The third kappa shape index (κ3) is 5.83. The second-order valence-electron chi connectivity index (χ2n) is 19.3. The van der Waals surface area contributed by atoms with E-state index in [9.17, 15) is 0 Å². The van der Waals surface area contributed by atoms with Gasteiger partial charge in [-0.3, -0.25) is 0 Å². The van der Waals surface area contributed by atoms with Crippen LogP contribution in [0, 0.1) is 20.8 Å². The maximum Gasteiger partial charge on any atom is 0.249 e. The minimum Gasteiger partial charge on any atom is -0.313 e. The van der Waals surface area contributed by atoms with Crippen molar-refractivity contribution in [2.24, 2.45) is 0 Å². The van der Waals surface area contributed by atoms with Crippen molar-refractivity contribution in [3.8, 4) is 5.69 Å². The molecule has 4 heterocycles. The van der Waals surface area contributed by atoms with E-state index in [0.717, 1.165) is 0 Å². The van der Waals surface area contributed by atoms with Crippen LogP contribution in [0.4, 0.5) is 17.1 Å². The van der Waals surface area contributed by atoms with E-state index in [1.54, 1.807) is 0 Å². The molecule has 0 amide bonds. The van der Waals surface area contributed by atoms with E-state index in [-0.39, 0.29) is 13.4 Å². The summed E-state index contributed by atoms with van der Waals surface area (Å²) in [5.41, 5.74) is 19.9. The third-order valence-electron chi connectivity index (χ3n) is 15.5. The Morgan fingerprint density at radius 1 is 0.391 bits per heavy atom. The van der Waals surface area contributed by atoms with Crippen molar-refractivity contribution in [2.45, 2.75) is 30.6 Å². The van der Waals surface area contributed by atoms with Crippen molar-refractivity contribution in [3.05, 3.63) is 241 Å². The van der Waals surface area contributed by atoms with Gasteiger partial charge in [-0.1, -0.05) is 215 Å². The molecule has 0 saturated heterocycles. The lowest BCUT2D eigenvalue weighted by Gasteiger charge is -2.46. The van der Waals surface area contributed by atoms with Crippen LogP contribution in [0.2, 0.25) is 0 Å². The van der Waals surface area contributed by atoms with E-state index in [0.29, 0.717) is 0 Å². The van der Waals surface area contributed by atoms with Crippen molar-refractivity contribution in [1.82, 2.24) is 4.57 Å². The third-order valence-corrected chi connectivity index (χ3v) is 21.5. The maximum absolute atomic E-state index is 3.09. The van der Waals surface area contributed by atoms with Crippen LogP contribution in [-0.4, -0.2) is 26.1 Å². The van der Waals surface area contributed by atoms with Crippen molar-refractivity contribution < 1.29 is 0 Å². The Balaban J connectivity index is 1.10. The lowest BCUT2D eigenvalue weighted by Crippen LogP contribution is -2.75. The lowest BCUT2D eigenvalue weighted by atomic mass is 9.30. The van der Waals surface area contributed by atoms with Gasteiger partial charge in [0.2, 0.25) is 13.4 Å². The summed E-state index contributed by atoms with van der Waals surface area (Å²) in [6.07, 6.45) is 0. The van der Waals surface area contributed by atoms with Gasteiger partial charge in [-0.2, -0.15) is 0 Å². The molecule has 1 aromatic heterocycles. The zero-order valence-corrected chi connectivity index (χ0v) is 40.6. The molecule has 3 aliphatic rings. The molecule has 0 saturated carbocycles. The first kappa shape index (κ1) is 40.6. The van der Waals surface area contributed by atoms with Crippen LogP contribution in [-0.2, 0) is 0 Å². The molecular formula is C63H46B2N2SSi. The van der Waals surface area contributed by atoms with Gasteiger partial charge in [0.1, 0.15) is 0 Å². The number of hydrogen-bond acceptors (Lipinski definition) is 2. The summed E-state index contributed by atoms with van der Waals surface area (Å²) in [4.78, 5) is 5.39. The van der Waals surface area contributed by atoms with Crippen molar-refractivity contribution in [3.63, 3.8) is 0 Å². The summed E-state index contributed by atoms with van der Waals surface area (Å²) in [7, 11) is -3.09. The largest absolute Gasteiger partial charge is 0.313 e. The first-order valence-corrected chi connectivity index (χ1v) is 27.1. The van der Waals surface area contributed by atoms with Gasteiger partial charge >= 0.3 is 0 Å². The molecule has 0 atom stereocenters. The summed E-state index contributed by atoms with van der Waals surface area (Å²) >= 11 is 1.94. The Kier molecular flexibility index (Phi) is 9.12. The van der Waals surface area contributed by atoms with Crippen LogP contribution in [0.1, 0.15) is 16.7 Å². The number of fused-ring (bicyclic) bond motifs is 10. The molecule has 10 aromatic carbocycles. The monoisotopic (exact) mass is 912 g/mol.